The Hall–Kier alpha value is -1.38. The summed E-state index contributed by atoms with van der Waals surface area (Å²) in [6, 6.07) is 3.60. The van der Waals surface area contributed by atoms with E-state index in [1.54, 1.807) is 31.1 Å². The van der Waals surface area contributed by atoms with Crippen molar-refractivity contribution in [2.45, 2.75) is 13.8 Å². The first-order valence-corrected chi connectivity index (χ1v) is 4.17. The zero-order valence-corrected chi connectivity index (χ0v) is 8.46. The molecule has 0 saturated carbocycles. The second-order valence-electron chi connectivity index (χ2n) is 3.34. The monoisotopic (exact) mass is 178 g/mol. The molecule has 0 aliphatic rings. The van der Waals surface area contributed by atoms with Crippen LogP contribution in [0.15, 0.2) is 12.1 Å². The normalized spacial score (nSPS) is 9.85. The highest BCUT2D eigenvalue weighted by Crippen LogP contribution is 2.06. The van der Waals surface area contributed by atoms with Crippen LogP contribution in [0.4, 0.5) is 0 Å². The van der Waals surface area contributed by atoms with Crippen LogP contribution < -0.4 is 0 Å². The molecule has 0 aliphatic heterocycles. The topological polar surface area (TPSA) is 33.2 Å². The van der Waals surface area contributed by atoms with Gasteiger partial charge in [0.15, 0.2) is 0 Å². The van der Waals surface area contributed by atoms with Crippen molar-refractivity contribution >= 4 is 5.91 Å². The molecule has 1 heterocycles. The van der Waals surface area contributed by atoms with Crippen LogP contribution in [0.1, 0.15) is 21.7 Å². The van der Waals surface area contributed by atoms with Gasteiger partial charge in [-0.1, -0.05) is 0 Å². The first-order chi connectivity index (χ1) is 6.00. The van der Waals surface area contributed by atoms with Crippen molar-refractivity contribution < 1.29 is 4.79 Å². The standard InChI is InChI=1S/C10H14N2O/c1-7-5-9(6-8(2)11-7)10(13)12(3)4/h5-6H,1-4H3. The molecule has 0 radical (unpaired) electrons. The highest BCUT2D eigenvalue weighted by Gasteiger charge is 2.08. The smallest absolute Gasteiger partial charge is 0.253 e. The third-order valence-corrected chi connectivity index (χ3v) is 1.73. The van der Waals surface area contributed by atoms with Crippen molar-refractivity contribution in [3.63, 3.8) is 0 Å². The summed E-state index contributed by atoms with van der Waals surface area (Å²) in [6.45, 7) is 3.78. The summed E-state index contributed by atoms with van der Waals surface area (Å²) in [5.41, 5.74) is 2.46. The van der Waals surface area contributed by atoms with Gasteiger partial charge in [-0.05, 0) is 26.0 Å². The Labute approximate surface area is 78.4 Å². The van der Waals surface area contributed by atoms with Crippen molar-refractivity contribution in [1.82, 2.24) is 9.88 Å². The number of amides is 1. The van der Waals surface area contributed by atoms with Gasteiger partial charge in [-0.25, -0.2) is 0 Å². The van der Waals surface area contributed by atoms with Gasteiger partial charge in [-0.3, -0.25) is 9.78 Å². The first-order valence-electron chi connectivity index (χ1n) is 4.17. The third kappa shape index (κ3) is 2.28. The van der Waals surface area contributed by atoms with E-state index in [0.717, 1.165) is 11.4 Å². The summed E-state index contributed by atoms with van der Waals surface area (Å²) in [5.74, 6) is 0.0219. The van der Waals surface area contributed by atoms with Crippen LogP contribution in [-0.2, 0) is 0 Å². The molecule has 1 aromatic rings. The van der Waals surface area contributed by atoms with Gasteiger partial charge in [0, 0.05) is 31.0 Å². The molecule has 0 N–H and O–H groups in total. The number of hydrogen-bond acceptors (Lipinski definition) is 2. The van der Waals surface area contributed by atoms with Crippen LogP contribution in [0.25, 0.3) is 0 Å². The van der Waals surface area contributed by atoms with Crippen molar-refractivity contribution in [2.75, 3.05) is 14.1 Å². The second kappa shape index (κ2) is 3.56. The van der Waals surface area contributed by atoms with Gasteiger partial charge in [0.2, 0.25) is 0 Å². The summed E-state index contributed by atoms with van der Waals surface area (Å²) in [4.78, 5) is 17.3. The number of aromatic nitrogens is 1. The summed E-state index contributed by atoms with van der Waals surface area (Å²) in [6.07, 6.45) is 0. The third-order valence-electron chi connectivity index (χ3n) is 1.73. The molecule has 0 aromatic carbocycles. The van der Waals surface area contributed by atoms with E-state index in [-0.39, 0.29) is 5.91 Å². The number of hydrogen-bond donors (Lipinski definition) is 0. The predicted octanol–water partition coefficient (Wildman–Crippen LogP) is 1.40. The fourth-order valence-electron chi connectivity index (χ4n) is 1.22. The van der Waals surface area contributed by atoms with Gasteiger partial charge >= 0.3 is 0 Å². The maximum Gasteiger partial charge on any atom is 0.253 e. The van der Waals surface area contributed by atoms with Gasteiger partial charge in [-0.2, -0.15) is 0 Å². The molecule has 13 heavy (non-hydrogen) atoms. The van der Waals surface area contributed by atoms with Gasteiger partial charge in [0.1, 0.15) is 0 Å². The molecule has 0 fully saturated rings. The minimum Gasteiger partial charge on any atom is -0.345 e. The fourth-order valence-corrected chi connectivity index (χ4v) is 1.22. The highest BCUT2D eigenvalue weighted by atomic mass is 16.2. The minimum atomic E-state index is 0.0219. The van der Waals surface area contributed by atoms with E-state index < -0.39 is 0 Å². The zero-order valence-electron chi connectivity index (χ0n) is 8.46. The Morgan fingerprint density at radius 2 is 1.69 bits per heavy atom. The largest absolute Gasteiger partial charge is 0.345 e. The lowest BCUT2D eigenvalue weighted by Gasteiger charge is -2.10. The number of aryl methyl sites for hydroxylation is 2. The molecule has 1 aromatic heterocycles. The van der Waals surface area contributed by atoms with E-state index in [1.165, 1.54) is 0 Å². The van der Waals surface area contributed by atoms with E-state index in [4.69, 9.17) is 0 Å². The lowest BCUT2D eigenvalue weighted by atomic mass is 10.2. The number of nitrogens with zero attached hydrogens (tertiary/aromatic N) is 2. The summed E-state index contributed by atoms with van der Waals surface area (Å²) < 4.78 is 0. The molecule has 3 nitrogen and oxygen atoms in total. The lowest BCUT2D eigenvalue weighted by Crippen LogP contribution is -2.21. The molecule has 1 amide bonds. The van der Waals surface area contributed by atoms with E-state index >= 15 is 0 Å². The molecule has 0 aliphatic carbocycles. The van der Waals surface area contributed by atoms with Crippen molar-refractivity contribution in [2.24, 2.45) is 0 Å². The van der Waals surface area contributed by atoms with Crippen LogP contribution >= 0.6 is 0 Å². The molecule has 0 atom stereocenters. The van der Waals surface area contributed by atoms with Crippen molar-refractivity contribution in [1.29, 1.82) is 0 Å². The van der Waals surface area contributed by atoms with Crippen molar-refractivity contribution in [3.05, 3.63) is 29.1 Å². The summed E-state index contributed by atoms with van der Waals surface area (Å²) in [5, 5.41) is 0. The van der Waals surface area contributed by atoms with E-state index in [0.29, 0.717) is 5.56 Å². The van der Waals surface area contributed by atoms with Gasteiger partial charge in [0.25, 0.3) is 5.91 Å². The Balaban J connectivity index is 3.08. The Kier molecular flexibility index (Phi) is 2.66. The van der Waals surface area contributed by atoms with Gasteiger partial charge in [-0.15, -0.1) is 0 Å². The molecule has 3 heteroatoms. The molecule has 0 saturated heterocycles. The SMILES string of the molecule is Cc1cc(C(=O)N(C)C)cc(C)n1. The fraction of sp³-hybridized carbons (Fsp3) is 0.400. The van der Waals surface area contributed by atoms with E-state index in [2.05, 4.69) is 4.98 Å². The van der Waals surface area contributed by atoms with Crippen LogP contribution in [-0.4, -0.2) is 29.9 Å². The Morgan fingerprint density at radius 3 is 2.08 bits per heavy atom. The molecular formula is C10H14N2O. The summed E-state index contributed by atoms with van der Waals surface area (Å²) in [7, 11) is 3.49. The predicted molar refractivity (Wildman–Crippen MR) is 51.7 cm³/mol. The van der Waals surface area contributed by atoms with Crippen LogP contribution in [0.5, 0.6) is 0 Å². The number of carbonyl (C=O) groups excluding carboxylic acids is 1. The van der Waals surface area contributed by atoms with E-state index in [1.807, 2.05) is 13.8 Å². The molecule has 0 unspecified atom stereocenters. The number of pyridine rings is 1. The average Bonchev–Trinajstić information content (AvgIpc) is 2.01. The molecule has 1 rings (SSSR count). The van der Waals surface area contributed by atoms with Crippen LogP contribution in [0.2, 0.25) is 0 Å². The molecule has 0 spiro atoms. The Morgan fingerprint density at radius 1 is 1.23 bits per heavy atom. The first kappa shape index (κ1) is 9.71. The lowest BCUT2D eigenvalue weighted by molar-refractivity contribution is 0.0827. The highest BCUT2D eigenvalue weighted by molar-refractivity contribution is 5.94. The molecule has 70 valence electrons. The van der Waals surface area contributed by atoms with Crippen LogP contribution in [0.3, 0.4) is 0 Å². The maximum absolute atomic E-state index is 11.5. The molecular weight excluding hydrogens is 164 g/mol. The molecule has 0 bridgehead atoms. The quantitative estimate of drug-likeness (QED) is 0.651. The Bertz CT molecular complexity index is 311. The zero-order chi connectivity index (χ0) is 10.0. The number of rotatable bonds is 1. The van der Waals surface area contributed by atoms with Crippen LogP contribution in [0, 0.1) is 13.8 Å². The van der Waals surface area contributed by atoms with Crippen molar-refractivity contribution in [3.8, 4) is 0 Å². The van der Waals surface area contributed by atoms with E-state index in [9.17, 15) is 4.79 Å². The number of carbonyl (C=O) groups is 1. The van der Waals surface area contributed by atoms with Gasteiger partial charge in [0.05, 0.1) is 0 Å². The van der Waals surface area contributed by atoms with Gasteiger partial charge < -0.3 is 4.90 Å². The second-order valence-corrected chi connectivity index (χ2v) is 3.34. The minimum absolute atomic E-state index is 0.0219. The summed E-state index contributed by atoms with van der Waals surface area (Å²) >= 11 is 0. The maximum atomic E-state index is 11.5. The average molecular weight is 178 g/mol.